The Morgan fingerprint density at radius 1 is 0.943 bits per heavy atom. The molecule has 1 atom stereocenters. The number of rotatable bonds is 5. The Bertz CT molecular complexity index is 1670. The summed E-state index contributed by atoms with van der Waals surface area (Å²) in [4.78, 5) is 4.44. The Labute approximate surface area is 213 Å². The Morgan fingerprint density at radius 2 is 1.66 bits per heavy atom. The summed E-state index contributed by atoms with van der Waals surface area (Å²) in [5, 5.41) is 14.0. The maximum absolute atomic E-state index is 12.6. The quantitative estimate of drug-likeness (QED) is 0.331. The van der Waals surface area contributed by atoms with Crippen LogP contribution >= 0.6 is 23.2 Å². The van der Waals surface area contributed by atoms with Crippen LogP contribution in [-0.4, -0.2) is 33.3 Å². The minimum Gasteiger partial charge on any atom is -0.373 e. The first-order valence-corrected chi connectivity index (χ1v) is 13.3. The number of halogens is 2. The molecule has 1 N–H and O–H groups in total. The van der Waals surface area contributed by atoms with E-state index in [4.69, 9.17) is 23.2 Å². The Kier molecular flexibility index (Phi) is 5.76. The number of aromatic nitrogens is 3. The summed E-state index contributed by atoms with van der Waals surface area (Å²) < 4.78 is 28.2. The minimum atomic E-state index is -3.59. The van der Waals surface area contributed by atoms with Crippen molar-refractivity contribution in [2.75, 3.05) is 6.26 Å². The molecular formula is C26H21Cl2N3O3S. The van der Waals surface area contributed by atoms with Crippen molar-refractivity contribution in [1.82, 2.24) is 13.5 Å². The molecule has 0 amide bonds. The molecule has 3 aromatic carbocycles. The molecule has 178 valence electrons. The highest BCUT2D eigenvalue weighted by Gasteiger charge is 2.38. The van der Waals surface area contributed by atoms with Crippen LogP contribution in [-0.2, 0) is 22.7 Å². The van der Waals surface area contributed by atoms with Crippen molar-refractivity contribution in [2.24, 2.45) is 7.05 Å². The highest BCUT2D eigenvalue weighted by atomic mass is 35.5. The summed E-state index contributed by atoms with van der Waals surface area (Å²) in [5.74, 6) is 0.408. The molecule has 0 fully saturated rings. The minimum absolute atomic E-state index is 0.408. The first-order chi connectivity index (χ1) is 16.6. The van der Waals surface area contributed by atoms with Gasteiger partial charge in [-0.25, -0.2) is 17.4 Å². The lowest BCUT2D eigenvalue weighted by Crippen LogP contribution is -2.32. The average Bonchev–Trinajstić information content (AvgIpc) is 3.42. The zero-order valence-electron chi connectivity index (χ0n) is 18.9. The third kappa shape index (κ3) is 4.04. The number of nitrogens with zero attached hydrogens (tertiary/aromatic N) is 3. The van der Waals surface area contributed by atoms with Crippen LogP contribution in [0.3, 0.4) is 0 Å². The van der Waals surface area contributed by atoms with Crippen LogP contribution < -0.4 is 0 Å². The number of imidazole rings is 1. The van der Waals surface area contributed by atoms with Gasteiger partial charge in [-0.15, -0.1) is 0 Å². The Hall–Kier alpha value is -3.10. The topological polar surface area (TPSA) is 77.1 Å². The highest BCUT2D eigenvalue weighted by molar-refractivity contribution is 7.89. The van der Waals surface area contributed by atoms with E-state index < -0.39 is 15.6 Å². The number of hydrogen-bond donors (Lipinski definition) is 1. The van der Waals surface area contributed by atoms with Crippen LogP contribution in [0.2, 0.25) is 10.0 Å². The van der Waals surface area contributed by atoms with E-state index in [1.165, 1.54) is 3.97 Å². The van der Waals surface area contributed by atoms with E-state index in [1.54, 1.807) is 84.8 Å². The molecule has 0 bridgehead atoms. The number of hydrogen-bond acceptors (Lipinski definition) is 4. The molecule has 5 rings (SSSR count). The van der Waals surface area contributed by atoms with Gasteiger partial charge < -0.3 is 9.67 Å². The van der Waals surface area contributed by atoms with Crippen molar-refractivity contribution in [3.8, 4) is 11.1 Å². The predicted molar refractivity (Wildman–Crippen MR) is 139 cm³/mol. The van der Waals surface area contributed by atoms with Gasteiger partial charge in [-0.2, -0.15) is 0 Å². The standard InChI is InChI=1S/C26H21Cl2N3O3S/c1-30-13-12-29-25(30)26(32,18-6-9-20(27)10-7-18)19-8-11-24-22(15-19)23(16-31(24)35(2,33)34)17-4-3-5-21(28)14-17/h3-16,32H,1-2H3. The van der Waals surface area contributed by atoms with Gasteiger partial charge in [-0.05, 0) is 53.1 Å². The summed E-state index contributed by atoms with van der Waals surface area (Å²) in [6, 6.07) is 19.3. The largest absolute Gasteiger partial charge is 0.373 e. The van der Waals surface area contributed by atoms with Crippen molar-refractivity contribution in [3.05, 3.63) is 112 Å². The molecule has 0 saturated carbocycles. The molecule has 1 unspecified atom stereocenters. The molecule has 0 spiro atoms. The lowest BCUT2D eigenvalue weighted by molar-refractivity contribution is 0.112. The molecule has 0 aliphatic heterocycles. The Morgan fingerprint density at radius 3 is 2.29 bits per heavy atom. The lowest BCUT2D eigenvalue weighted by Gasteiger charge is -2.29. The van der Waals surface area contributed by atoms with Gasteiger partial charge in [0.15, 0.2) is 5.60 Å². The molecule has 35 heavy (non-hydrogen) atoms. The van der Waals surface area contributed by atoms with Crippen LogP contribution in [0.5, 0.6) is 0 Å². The summed E-state index contributed by atoms with van der Waals surface area (Å²) in [7, 11) is -1.79. The molecular weight excluding hydrogens is 505 g/mol. The molecule has 0 radical (unpaired) electrons. The van der Waals surface area contributed by atoms with Crippen molar-refractivity contribution in [2.45, 2.75) is 5.60 Å². The lowest BCUT2D eigenvalue weighted by atomic mass is 9.84. The van der Waals surface area contributed by atoms with Gasteiger partial charge in [0.25, 0.3) is 0 Å². The molecule has 2 heterocycles. The fraction of sp³-hybridized carbons (Fsp3) is 0.115. The third-order valence-corrected chi connectivity index (χ3v) is 7.59. The third-order valence-electron chi connectivity index (χ3n) is 6.09. The summed E-state index contributed by atoms with van der Waals surface area (Å²) in [6.45, 7) is 0. The maximum Gasteiger partial charge on any atom is 0.236 e. The van der Waals surface area contributed by atoms with Crippen LogP contribution in [0.15, 0.2) is 85.3 Å². The highest BCUT2D eigenvalue weighted by Crippen LogP contribution is 2.40. The molecule has 0 saturated heterocycles. The van der Waals surface area contributed by atoms with Crippen LogP contribution in [0.25, 0.3) is 22.0 Å². The van der Waals surface area contributed by atoms with Crippen LogP contribution in [0.4, 0.5) is 0 Å². The van der Waals surface area contributed by atoms with Crippen molar-refractivity contribution >= 4 is 44.1 Å². The number of aryl methyl sites for hydroxylation is 1. The van der Waals surface area contributed by atoms with Crippen LogP contribution in [0, 0.1) is 0 Å². The summed E-state index contributed by atoms with van der Waals surface area (Å²) in [5.41, 5.74) is 1.39. The predicted octanol–water partition coefficient (Wildman–Crippen LogP) is 5.44. The van der Waals surface area contributed by atoms with Crippen molar-refractivity contribution < 1.29 is 13.5 Å². The molecule has 6 nitrogen and oxygen atoms in total. The molecule has 9 heteroatoms. The maximum atomic E-state index is 12.6. The van der Waals surface area contributed by atoms with Crippen molar-refractivity contribution in [1.29, 1.82) is 0 Å². The van der Waals surface area contributed by atoms with E-state index >= 15 is 0 Å². The molecule has 5 aromatic rings. The smallest absolute Gasteiger partial charge is 0.236 e. The first kappa shape index (κ1) is 23.6. The zero-order chi connectivity index (χ0) is 25.0. The van der Waals surface area contributed by atoms with E-state index in [-0.39, 0.29) is 0 Å². The second-order valence-electron chi connectivity index (χ2n) is 8.42. The molecule has 0 aliphatic carbocycles. The van der Waals surface area contributed by atoms with E-state index in [0.717, 1.165) is 11.8 Å². The van der Waals surface area contributed by atoms with E-state index in [2.05, 4.69) is 4.98 Å². The van der Waals surface area contributed by atoms with Gasteiger partial charge in [0.2, 0.25) is 10.0 Å². The number of fused-ring (bicyclic) bond motifs is 1. The Balaban J connectivity index is 1.84. The summed E-state index contributed by atoms with van der Waals surface area (Å²) >= 11 is 12.4. The SMILES string of the molecule is Cn1ccnc1C(O)(c1ccc(Cl)cc1)c1ccc2c(c1)c(-c1cccc(Cl)c1)cn2S(C)(=O)=O. The van der Waals surface area contributed by atoms with Crippen LogP contribution in [0.1, 0.15) is 17.0 Å². The summed E-state index contributed by atoms with van der Waals surface area (Å²) in [6.07, 6.45) is 6.11. The normalized spacial score (nSPS) is 13.7. The number of aliphatic hydroxyl groups is 1. The van der Waals surface area contributed by atoms with Crippen molar-refractivity contribution in [3.63, 3.8) is 0 Å². The van der Waals surface area contributed by atoms with E-state index in [9.17, 15) is 13.5 Å². The first-order valence-electron chi connectivity index (χ1n) is 10.7. The number of benzene rings is 3. The fourth-order valence-corrected chi connectivity index (χ4v) is 5.55. The van der Waals surface area contributed by atoms with Gasteiger partial charge >= 0.3 is 0 Å². The van der Waals surface area contributed by atoms with Gasteiger partial charge in [-0.1, -0.05) is 53.5 Å². The second-order valence-corrected chi connectivity index (χ2v) is 11.2. The molecule has 2 aromatic heterocycles. The van der Waals surface area contributed by atoms with Gasteiger partial charge in [-0.3, -0.25) is 0 Å². The molecule has 0 aliphatic rings. The van der Waals surface area contributed by atoms with E-state index in [1.807, 2.05) is 12.1 Å². The van der Waals surface area contributed by atoms with E-state index in [0.29, 0.717) is 43.5 Å². The van der Waals surface area contributed by atoms with Gasteiger partial charge in [0, 0.05) is 46.6 Å². The fourth-order valence-electron chi connectivity index (χ4n) is 4.42. The van der Waals surface area contributed by atoms with Gasteiger partial charge in [0.05, 0.1) is 11.8 Å². The van der Waals surface area contributed by atoms with Gasteiger partial charge in [0.1, 0.15) is 5.82 Å². The average molecular weight is 526 g/mol. The zero-order valence-corrected chi connectivity index (χ0v) is 21.2. The monoisotopic (exact) mass is 525 g/mol. The second kappa shape index (κ2) is 8.53.